The molecule has 0 fully saturated rings. The lowest BCUT2D eigenvalue weighted by atomic mass is 10.2. The molecule has 0 heterocycles. The van der Waals surface area contributed by atoms with Crippen molar-refractivity contribution in [3.63, 3.8) is 0 Å². The second kappa shape index (κ2) is 8.07. The van der Waals surface area contributed by atoms with Crippen molar-refractivity contribution in [1.82, 2.24) is 0 Å². The highest BCUT2D eigenvalue weighted by Gasteiger charge is 2.16. The van der Waals surface area contributed by atoms with Crippen LogP contribution in [0, 0.1) is 5.41 Å². The second-order valence-corrected chi connectivity index (χ2v) is 4.85. The summed E-state index contributed by atoms with van der Waals surface area (Å²) in [6, 6.07) is 0. The van der Waals surface area contributed by atoms with E-state index in [-0.39, 0.29) is 18.2 Å². The summed E-state index contributed by atoms with van der Waals surface area (Å²) >= 11 is 3.15. The van der Waals surface area contributed by atoms with Gasteiger partial charge in [-0.05, 0) is 27.7 Å². The molecular weight excluding hydrogens is 304 g/mol. The molecule has 18 heavy (non-hydrogen) atoms. The van der Waals surface area contributed by atoms with E-state index in [1.807, 2.05) is 0 Å². The molecule has 0 aliphatic rings. The fraction of sp³-hybridized carbons (Fsp3) is 0.727. The average molecular weight is 323 g/mol. The van der Waals surface area contributed by atoms with Crippen LogP contribution < -0.4 is 0 Å². The standard InChI is InChI=1S/C11H19BrN2O4/c1-5-16-10(13)8(6-12)14-17-7-9(15)18-11(2,3)4/h13H,5-7H2,1-4H3/b13-10?,14-8-. The Hall–Kier alpha value is -1.11. The molecule has 0 rings (SSSR count). The molecule has 0 spiro atoms. The number of carbonyl (C=O) groups excluding carboxylic acids is 1. The van der Waals surface area contributed by atoms with Gasteiger partial charge in [0.25, 0.3) is 0 Å². The van der Waals surface area contributed by atoms with E-state index in [4.69, 9.17) is 19.7 Å². The van der Waals surface area contributed by atoms with E-state index in [0.29, 0.717) is 11.9 Å². The Labute approximate surface area is 115 Å². The molecule has 0 saturated heterocycles. The highest BCUT2D eigenvalue weighted by Crippen LogP contribution is 2.06. The van der Waals surface area contributed by atoms with E-state index in [1.165, 1.54) is 0 Å². The van der Waals surface area contributed by atoms with Gasteiger partial charge in [0.05, 0.1) is 11.9 Å². The summed E-state index contributed by atoms with van der Waals surface area (Å²) < 4.78 is 9.99. The maximum atomic E-state index is 11.3. The first-order chi connectivity index (χ1) is 8.30. The SMILES string of the molecule is CCOC(=N)/C(CBr)=N\OCC(=O)OC(C)(C)C. The van der Waals surface area contributed by atoms with Crippen LogP contribution in [0.25, 0.3) is 0 Å². The van der Waals surface area contributed by atoms with E-state index in [0.717, 1.165) is 0 Å². The predicted octanol–water partition coefficient (Wildman–Crippen LogP) is 2.11. The van der Waals surface area contributed by atoms with E-state index >= 15 is 0 Å². The Kier molecular flexibility index (Phi) is 7.58. The number of oxime groups is 1. The maximum absolute atomic E-state index is 11.3. The van der Waals surface area contributed by atoms with Crippen molar-refractivity contribution in [2.75, 3.05) is 18.5 Å². The van der Waals surface area contributed by atoms with Gasteiger partial charge in [-0.25, -0.2) is 4.79 Å². The number of halogens is 1. The van der Waals surface area contributed by atoms with Gasteiger partial charge < -0.3 is 14.3 Å². The molecule has 0 atom stereocenters. The topological polar surface area (TPSA) is 81.0 Å². The van der Waals surface area contributed by atoms with Crippen molar-refractivity contribution in [1.29, 1.82) is 5.41 Å². The predicted molar refractivity (Wildman–Crippen MR) is 72.4 cm³/mol. The quantitative estimate of drug-likeness (QED) is 0.267. The molecule has 0 aromatic rings. The van der Waals surface area contributed by atoms with E-state index in [9.17, 15) is 4.79 Å². The van der Waals surface area contributed by atoms with Crippen LogP contribution >= 0.6 is 15.9 Å². The van der Waals surface area contributed by atoms with Crippen LogP contribution in [0.4, 0.5) is 0 Å². The lowest BCUT2D eigenvalue weighted by Crippen LogP contribution is -2.26. The van der Waals surface area contributed by atoms with Crippen LogP contribution in [0.3, 0.4) is 0 Å². The second-order valence-electron chi connectivity index (χ2n) is 4.29. The molecular formula is C11H19BrN2O4. The molecule has 0 aliphatic heterocycles. The third kappa shape index (κ3) is 8.05. The van der Waals surface area contributed by atoms with Crippen LogP contribution in [0.2, 0.25) is 0 Å². The van der Waals surface area contributed by atoms with Gasteiger partial charge in [-0.15, -0.1) is 0 Å². The first kappa shape index (κ1) is 16.9. The summed E-state index contributed by atoms with van der Waals surface area (Å²) in [7, 11) is 0. The first-order valence-corrected chi connectivity index (χ1v) is 6.60. The van der Waals surface area contributed by atoms with Crippen LogP contribution in [0.5, 0.6) is 0 Å². The molecule has 0 amide bonds. The van der Waals surface area contributed by atoms with Crippen molar-refractivity contribution >= 4 is 33.5 Å². The Balaban J connectivity index is 4.20. The number of esters is 1. The Morgan fingerprint density at radius 3 is 2.44 bits per heavy atom. The van der Waals surface area contributed by atoms with Crippen molar-refractivity contribution in [3.05, 3.63) is 0 Å². The van der Waals surface area contributed by atoms with Crippen LogP contribution in [-0.4, -0.2) is 41.7 Å². The summed E-state index contributed by atoms with van der Waals surface area (Å²) in [5.74, 6) is -0.596. The molecule has 1 N–H and O–H groups in total. The van der Waals surface area contributed by atoms with Gasteiger partial charge in [-0.2, -0.15) is 0 Å². The molecule has 6 nitrogen and oxygen atoms in total. The van der Waals surface area contributed by atoms with Gasteiger partial charge in [-0.3, -0.25) is 5.41 Å². The Morgan fingerprint density at radius 1 is 1.39 bits per heavy atom. The van der Waals surface area contributed by atoms with Gasteiger partial charge in [0.15, 0.2) is 5.71 Å². The minimum Gasteiger partial charge on any atom is -0.477 e. The third-order valence-electron chi connectivity index (χ3n) is 1.45. The number of hydrogen-bond donors (Lipinski definition) is 1. The first-order valence-electron chi connectivity index (χ1n) is 5.48. The van der Waals surface area contributed by atoms with Crippen LogP contribution in [0.1, 0.15) is 27.7 Å². The molecule has 0 radical (unpaired) electrons. The number of alkyl halides is 1. The summed E-state index contributed by atoms with van der Waals surface area (Å²) in [4.78, 5) is 16.1. The normalized spacial score (nSPS) is 11.9. The van der Waals surface area contributed by atoms with Crippen molar-refractivity contribution in [2.45, 2.75) is 33.3 Å². The summed E-state index contributed by atoms with van der Waals surface area (Å²) in [6.07, 6.45) is 0. The molecule has 0 aromatic heterocycles. The van der Waals surface area contributed by atoms with Gasteiger partial charge >= 0.3 is 5.97 Å². The highest BCUT2D eigenvalue weighted by molar-refractivity contribution is 9.09. The lowest BCUT2D eigenvalue weighted by Gasteiger charge is -2.18. The number of nitrogens with zero attached hydrogens (tertiary/aromatic N) is 1. The number of hydrogen-bond acceptors (Lipinski definition) is 6. The highest BCUT2D eigenvalue weighted by atomic mass is 79.9. The van der Waals surface area contributed by atoms with Gasteiger partial charge in [0.2, 0.25) is 12.5 Å². The minimum atomic E-state index is -0.555. The average Bonchev–Trinajstić information content (AvgIpc) is 2.22. The molecule has 7 heteroatoms. The number of rotatable bonds is 6. The van der Waals surface area contributed by atoms with Gasteiger partial charge in [0, 0.05) is 0 Å². The van der Waals surface area contributed by atoms with Crippen LogP contribution in [-0.2, 0) is 19.1 Å². The van der Waals surface area contributed by atoms with E-state index < -0.39 is 11.6 Å². The zero-order valence-electron chi connectivity index (χ0n) is 11.1. The van der Waals surface area contributed by atoms with Crippen molar-refractivity contribution in [2.24, 2.45) is 5.16 Å². The zero-order chi connectivity index (χ0) is 14.2. The fourth-order valence-electron chi connectivity index (χ4n) is 0.888. The molecule has 0 bridgehead atoms. The van der Waals surface area contributed by atoms with Gasteiger partial charge in [0.1, 0.15) is 5.60 Å². The van der Waals surface area contributed by atoms with Crippen molar-refractivity contribution in [3.8, 4) is 0 Å². The molecule has 104 valence electrons. The van der Waals surface area contributed by atoms with E-state index in [2.05, 4.69) is 21.1 Å². The maximum Gasteiger partial charge on any atom is 0.347 e. The minimum absolute atomic E-state index is 0.0847. The largest absolute Gasteiger partial charge is 0.477 e. The molecule has 0 aliphatic carbocycles. The Morgan fingerprint density at radius 2 is 2.00 bits per heavy atom. The zero-order valence-corrected chi connectivity index (χ0v) is 12.7. The molecule has 0 aromatic carbocycles. The Bertz CT molecular complexity index is 323. The van der Waals surface area contributed by atoms with Crippen molar-refractivity contribution < 1.29 is 19.1 Å². The summed E-state index contributed by atoms with van der Waals surface area (Å²) in [5, 5.41) is 11.5. The molecule has 0 unspecified atom stereocenters. The van der Waals surface area contributed by atoms with Crippen LogP contribution in [0.15, 0.2) is 5.16 Å². The third-order valence-corrected chi connectivity index (χ3v) is 1.99. The summed E-state index contributed by atoms with van der Waals surface area (Å²) in [5.41, 5.74) is -0.277. The fourth-order valence-corrected chi connectivity index (χ4v) is 1.25. The lowest BCUT2D eigenvalue weighted by molar-refractivity contribution is -0.160. The number of carbonyl (C=O) groups is 1. The summed E-state index contributed by atoms with van der Waals surface area (Å²) in [6.45, 7) is 7.14. The number of ether oxygens (including phenoxy) is 2. The molecule has 0 saturated carbocycles. The number of nitrogens with one attached hydrogen (secondary N) is 1. The monoisotopic (exact) mass is 322 g/mol. The smallest absolute Gasteiger partial charge is 0.347 e. The van der Waals surface area contributed by atoms with Gasteiger partial charge in [-0.1, -0.05) is 21.1 Å². The van der Waals surface area contributed by atoms with E-state index in [1.54, 1.807) is 27.7 Å².